The number of nitrogens with one attached hydrogen (secondary N) is 1. The number of benzene rings is 2. The van der Waals surface area contributed by atoms with Crippen molar-refractivity contribution in [2.24, 2.45) is 0 Å². The highest BCUT2D eigenvalue weighted by molar-refractivity contribution is 6.35. The number of fused-ring (bicyclic) bond motifs is 1. The molecule has 2 N–H and O–H groups in total. The highest BCUT2D eigenvalue weighted by Gasteiger charge is 2.18. The lowest BCUT2D eigenvalue weighted by molar-refractivity contribution is -0.383. The summed E-state index contributed by atoms with van der Waals surface area (Å²) < 4.78 is 6.63. The number of rotatable bonds is 7. The van der Waals surface area contributed by atoms with Crippen molar-refractivity contribution in [2.45, 2.75) is 12.6 Å². The van der Waals surface area contributed by atoms with Crippen molar-refractivity contribution in [1.82, 2.24) is 9.55 Å². The van der Waals surface area contributed by atoms with Crippen molar-refractivity contribution in [3.63, 3.8) is 0 Å². The van der Waals surface area contributed by atoms with Crippen LogP contribution in [0, 0.1) is 10.1 Å². The monoisotopic (exact) mass is 438 g/mol. The third-order valence-electron chi connectivity index (χ3n) is 4.14. The summed E-state index contributed by atoms with van der Waals surface area (Å²) in [5, 5.41) is 25.0. The Hall–Kier alpha value is -2.88. The molecule has 1 atom stereocenters. The SMILES string of the molecule is CNc1cc2ncn(C[C@@H](O)COc3ccc(Cl)cc3Cl)c(=O)c2cc1[N+](=O)[O-]. The molecular weight excluding hydrogens is 423 g/mol. The van der Waals surface area contributed by atoms with Gasteiger partial charge < -0.3 is 15.2 Å². The zero-order valence-corrected chi connectivity index (χ0v) is 16.6. The molecular formula is C18H16Cl2N4O5. The maximum atomic E-state index is 12.7. The normalized spacial score (nSPS) is 12.0. The molecule has 152 valence electrons. The van der Waals surface area contributed by atoms with Crippen LogP contribution in [-0.4, -0.2) is 39.3 Å². The van der Waals surface area contributed by atoms with E-state index in [4.69, 9.17) is 27.9 Å². The van der Waals surface area contributed by atoms with E-state index in [9.17, 15) is 20.0 Å². The van der Waals surface area contributed by atoms with E-state index in [0.29, 0.717) is 21.3 Å². The first-order valence-electron chi connectivity index (χ1n) is 8.41. The summed E-state index contributed by atoms with van der Waals surface area (Å²) in [6.45, 7) is -0.251. The van der Waals surface area contributed by atoms with Crippen LogP contribution in [0.15, 0.2) is 41.5 Å². The minimum atomic E-state index is -1.05. The van der Waals surface area contributed by atoms with Crippen LogP contribution in [0.2, 0.25) is 10.0 Å². The van der Waals surface area contributed by atoms with Gasteiger partial charge in [0.1, 0.15) is 24.1 Å². The van der Waals surface area contributed by atoms with E-state index in [1.807, 2.05) is 0 Å². The molecule has 0 unspecified atom stereocenters. The van der Waals surface area contributed by atoms with Gasteiger partial charge in [-0.1, -0.05) is 23.2 Å². The minimum Gasteiger partial charge on any atom is -0.489 e. The van der Waals surface area contributed by atoms with Gasteiger partial charge in [-0.2, -0.15) is 0 Å². The first-order valence-corrected chi connectivity index (χ1v) is 9.17. The first-order chi connectivity index (χ1) is 13.8. The molecule has 0 saturated heterocycles. The van der Waals surface area contributed by atoms with E-state index in [-0.39, 0.29) is 29.9 Å². The molecule has 0 aliphatic heterocycles. The smallest absolute Gasteiger partial charge is 0.293 e. The van der Waals surface area contributed by atoms with E-state index in [0.717, 1.165) is 0 Å². The summed E-state index contributed by atoms with van der Waals surface area (Å²) in [5.74, 6) is 0.342. The average molecular weight is 439 g/mol. The summed E-state index contributed by atoms with van der Waals surface area (Å²) in [5.41, 5.74) is -0.192. The zero-order valence-electron chi connectivity index (χ0n) is 15.1. The van der Waals surface area contributed by atoms with Crippen LogP contribution >= 0.6 is 23.2 Å². The fraction of sp³-hybridized carbons (Fsp3) is 0.222. The standard InChI is InChI=1S/C18H16Cl2N4O5/c1-21-15-6-14-12(5-16(15)24(27)28)18(26)23(9-22-14)7-11(25)8-29-17-3-2-10(19)4-13(17)20/h2-6,9,11,21,25H,7-8H2,1H3/t11-/m1/s1. The third kappa shape index (κ3) is 4.58. The van der Waals surface area contributed by atoms with E-state index >= 15 is 0 Å². The number of aliphatic hydroxyl groups excluding tert-OH is 1. The number of anilines is 1. The van der Waals surface area contributed by atoms with Crippen LogP contribution in [0.25, 0.3) is 10.9 Å². The van der Waals surface area contributed by atoms with Gasteiger partial charge >= 0.3 is 0 Å². The van der Waals surface area contributed by atoms with Gasteiger partial charge in [0.05, 0.1) is 33.7 Å². The maximum absolute atomic E-state index is 12.7. The summed E-state index contributed by atoms with van der Waals surface area (Å²) in [6, 6.07) is 7.28. The van der Waals surface area contributed by atoms with Crippen LogP contribution < -0.4 is 15.6 Å². The number of nitro groups is 1. The topological polar surface area (TPSA) is 120 Å². The Balaban J connectivity index is 1.81. The van der Waals surface area contributed by atoms with Crippen LogP contribution in [0.4, 0.5) is 11.4 Å². The van der Waals surface area contributed by atoms with Gasteiger partial charge in [-0.15, -0.1) is 0 Å². The molecule has 0 aliphatic carbocycles. The van der Waals surface area contributed by atoms with Crippen molar-refractivity contribution >= 4 is 45.5 Å². The van der Waals surface area contributed by atoms with Gasteiger partial charge in [0.15, 0.2) is 0 Å². The number of aromatic nitrogens is 2. The van der Waals surface area contributed by atoms with Gasteiger partial charge in [-0.3, -0.25) is 19.5 Å². The molecule has 9 nitrogen and oxygen atoms in total. The number of nitro benzene ring substituents is 1. The minimum absolute atomic E-state index is 0.0760. The Labute approximate surface area is 174 Å². The number of ether oxygens (including phenoxy) is 1. The number of hydrogen-bond donors (Lipinski definition) is 2. The molecule has 1 aromatic heterocycles. The molecule has 1 heterocycles. The highest BCUT2D eigenvalue weighted by Crippen LogP contribution is 2.28. The van der Waals surface area contributed by atoms with Gasteiger partial charge in [0.25, 0.3) is 11.2 Å². The number of nitrogens with zero attached hydrogens (tertiary/aromatic N) is 3. The van der Waals surface area contributed by atoms with Gasteiger partial charge in [-0.05, 0) is 24.3 Å². The van der Waals surface area contributed by atoms with E-state index in [2.05, 4.69) is 10.3 Å². The van der Waals surface area contributed by atoms with E-state index < -0.39 is 16.6 Å². The van der Waals surface area contributed by atoms with Crippen molar-refractivity contribution in [3.05, 3.63) is 67.2 Å². The Morgan fingerprint density at radius 3 is 2.76 bits per heavy atom. The largest absolute Gasteiger partial charge is 0.489 e. The molecule has 3 rings (SSSR count). The Kier molecular flexibility index (Phi) is 6.21. The predicted octanol–water partition coefficient (Wildman–Crippen LogP) is 3.09. The lowest BCUT2D eigenvalue weighted by Crippen LogP contribution is -2.30. The fourth-order valence-corrected chi connectivity index (χ4v) is 3.20. The van der Waals surface area contributed by atoms with Crippen LogP contribution in [0.5, 0.6) is 5.75 Å². The second kappa shape index (κ2) is 8.64. The maximum Gasteiger partial charge on any atom is 0.293 e. The summed E-state index contributed by atoms with van der Waals surface area (Å²) in [7, 11) is 1.54. The molecule has 0 bridgehead atoms. The Bertz CT molecular complexity index is 1140. The molecule has 0 saturated carbocycles. The fourth-order valence-electron chi connectivity index (χ4n) is 2.73. The Morgan fingerprint density at radius 1 is 1.34 bits per heavy atom. The lowest BCUT2D eigenvalue weighted by atomic mass is 10.2. The van der Waals surface area contributed by atoms with Crippen LogP contribution in [0.1, 0.15) is 0 Å². The lowest BCUT2D eigenvalue weighted by Gasteiger charge is -2.15. The zero-order chi connectivity index (χ0) is 21.1. The Morgan fingerprint density at radius 2 is 2.10 bits per heavy atom. The summed E-state index contributed by atoms with van der Waals surface area (Å²) in [4.78, 5) is 27.5. The molecule has 29 heavy (non-hydrogen) atoms. The second-order valence-corrected chi connectivity index (χ2v) is 6.98. The van der Waals surface area contributed by atoms with E-state index in [1.165, 1.54) is 29.1 Å². The first kappa shape index (κ1) is 20.8. The molecule has 0 spiro atoms. The molecule has 3 aromatic rings. The molecule has 0 aliphatic rings. The van der Waals surface area contributed by atoms with Crippen LogP contribution in [-0.2, 0) is 6.54 Å². The third-order valence-corrected chi connectivity index (χ3v) is 4.67. The van der Waals surface area contributed by atoms with Crippen molar-refractivity contribution in [3.8, 4) is 5.75 Å². The quantitative estimate of drug-likeness (QED) is 0.429. The van der Waals surface area contributed by atoms with Crippen molar-refractivity contribution < 1.29 is 14.8 Å². The average Bonchev–Trinajstić information content (AvgIpc) is 2.68. The van der Waals surface area contributed by atoms with Crippen molar-refractivity contribution in [1.29, 1.82) is 0 Å². The number of hydrogen-bond acceptors (Lipinski definition) is 7. The van der Waals surface area contributed by atoms with Gasteiger partial charge in [0.2, 0.25) is 0 Å². The van der Waals surface area contributed by atoms with Gasteiger partial charge in [0, 0.05) is 18.1 Å². The van der Waals surface area contributed by atoms with Crippen LogP contribution in [0.3, 0.4) is 0 Å². The number of aliphatic hydroxyl groups is 1. The number of halogens is 2. The highest BCUT2D eigenvalue weighted by atomic mass is 35.5. The summed E-state index contributed by atoms with van der Waals surface area (Å²) >= 11 is 11.8. The predicted molar refractivity (Wildman–Crippen MR) is 110 cm³/mol. The molecule has 0 radical (unpaired) electrons. The van der Waals surface area contributed by atoms with Gasteiger partial charge in [-0.25, -0.2) is 4.98 Å². The molecule has 11 heteroatoms. The molecule has 2 aromatic carbocycles. The molecule has 0 amide bonds. The van der Waals surface area contributed by atoms with E-state index in [1.54, 1.807) is 19.2 Å². The van der Waals surface area contributed by atoms with Crippen molar-refractivity contribution in [2.75, 3.05) is 19.0 Å². The second-order valence-electron chi connectivity index (χ2n) is 6.14. The summed E-state index contributed by atoms with van der Waals surface area (Å²) in [6.07, 6.45) is 0.222. The molecule has 0 fully saturated rings.